The first kappa shape index (κ1) is 21.3. The molecule has 0 N–H and O–H groups in total. The lowest BCUT2D eigenvalue weighted by Crippen LogP contribution is -2.23. The molecule has 0 aliphatic rings. The minimum atomic E-state index is 0.359. The van der Waals surface area contributed by atoms with Crippen LogP contribution in [0.15, 0.2) is 46.1 Å². The van der Waals surface area contributed by atoms with E-state index in [-0.39, 0.29) is 0 Å². The average molecular weight is 321 g/mol. The molecule has 5 heteroatoms. The number of likely N-dealkylation sites (N-methyl/N-ethyl adjacent to an activating group) is 1. The summed E-state index contributed by atoms with van der Waals surface area (Å²) in [6.45, 7) is 14.6. The van der Waals surface area contributed by atoms with Crippen LogP contribution in [-0.4, -0.2) is 64.5 Å². The summed E-state index contributed by atoms with van der Waals surface area (Å²) in [6.07, 6.45) is 7.26. The van der Waals surface area contributed by atoms with E-state index in [9.17, 15) is 0 Å². The standard InChI is InChI=1S/C18H31N3O2/c1-7-17(10-8-9-11-21(5)12-13-22-6)15-23-18(14-19-4)20-16(2)3/h7-8,10H,2,4,9,11-15H2,1,3,5-6H3. The van der Waals surface area contributed by atoms with E-state index in [1.165, 1.54) is 0 Å². The molecule has 0 radical (unpaired) electrons. The van der Waals surface area contributed by atoms with Gasteiger partial charge in [-0.25, -0.2) is 4.99 Å². The van der Waals surface area contributed by atoms with Gasteiger partial charge in [-0.05, 0) is 39.6 Å². The van der Waals surface area contributed by atoms with Crippen LogP contribution in [0.1, 0.15) is 20.3 Å². The van der Waals surface area contributed by atoms with E-state index in [1.807, 2.05) is 19.9 Å². The van der Waals surface area contributed by atoms with Crippen molar-refractivity contribution in [3.63, 3.8) is 0 Å². The van der Waals surface area contributed by atoms with E-state index >= 15 is 0 Å². The molecule has 0 spiro atoms. The van der Waals surface area contributed by atoms with Crippen LogP contribution in [0.3, 0.4) is 0 Å². The zero-order chi connectivity index (χ0) is 17.5. The molecule has 0 heterocycles. The van der Waals surface area contributed by atoms with E-state index in [2.05, 4.69) is 47.4 Å². The Morgan fingerprint density at radius 1 is 1.30 bits per heavy atom. The molecule has 0 unspecified atom stereocenters. The highest BCUT2D eigenvalue weighted by molar-refractivity contribution is 5.80. The van der Waals surface area contributed by atoms with Gasteiger partial charge in [0.1, 0.15) is 13.2 Å². The van der Waals surface area contributed by atoms with E-state index in [0.29, 0.717) is 24.7 Å². The zero-order valence-corrected chi connectivity index (χ0v) is 15.0. The molecule has 0 aromatic heterocycles. The Labute approximate surface area is 141 Å². The maximum atomic E-state index is 5.69. The predicted octanol–water partition coefficient (Wildman–Crippen LogP) is 3.11. The summed E-state index contributed by atoms with van der Waals surface area (Å²) in [5.74, 6) is 0.541. The summed E-state index contributed by atoms with van der Waals surface area (Å²) in [7, 11) is 3.81. The van der Waals surface area contributed by atoms with Gasteiger partial charge in [-0.1, -0.05) is 24.8 Å². The number of methoxy groups -OCH3 is 1. The van der Waals surface area contributed by atoms with Crippen LogP contribution >= 0.6 is 0 Å². The summed E-state index contributed by atoms with van der Waals surface area (Å²) in [5.41, 5.74) is 1.79. The normalized spacial score (nSPS) is 12.9. The van der Waals surface area contributed by atoms with Crippen LogP contribution in [0.2, 0.25) is 0 Å². The third kappa shape index (κ3) is 12.5. The fourth-order valence-electron chi connectivity index (χ4n) is 1.70. The van der Waals surface area contributed by atoms with Crippen molar-refractivity contribution < 1.29 is 9.47 Å². The molecule has 130 valence electrons. The Kier molecular flexibility index (Phi) is 12.9. The first-order valence-corrected chi connectivity index (χ1v) is 7.81. The third-order valence-electron chi connectivity index (χ3n) is 3.03. The summed E-state index contributed by atoms with van der Waals surface area (Å²) in [4.78, 5) is 10.3. The van der Waals surface area contributed by atoms with Crippen molar-refractivity contribution in [1.29, 1.82) is 0 Å². The Balaban J connectivity index is 4.27. The van der Waals surface area contributed by atoms with E-state index < -0.39 is 0 Å². The maximum Gasteiger partial charge on any atom is 0.210 e. The SMILES string of the molecule is C=NCC(=NC(=C)C)OCC(C=CCCN(C)CCOC)=CC. The van der Waals surface area contributed by atoms with Gasteiger partial charge in [0, 0.05) is 25.9 Å². The highest BCUT2D eigenvalue weighted by Crippen LogP contribution is 2.02. The Morgan fingerprint density at radius 3 is 2.61 bits per heavy atom. The molecule has 0 aromatic carbocycles. The van der Waals surface area contributed by atoms with Crippen molar-refractivity contribution in [2.75, 3.05) is 47.0 Å². The maximum absolute atomic E-state index is 5.69. The van der Waals surface area contributed by atoms with Gasteiger partial charge >= 0.3 is 0 Å². The van der Waals surface area contributed by atoms with Crippen molar-refractivity contribution in [2.45, 2.75) is 20.3 Å². The van der Waals surface area contributed by atoms with E-state index in [0.717, 1.165) is 31.7 Å². The highest BCUT2D eigenvalue weighted by atomic mass is 16.5. The van der Waals surface area contributed by atoms with Crippen LogP contribution in [0.5, 0.6) is 0 Å². The highest BCUT2D eigenvalue weighted by Gasteiger charge is 2.01. The van der Waals surface area contributed by atoms with Crippen LogP contribution in [0.25, 0.3) is 0 Å². The van der Waals surface area contributed by atoms with Gasteiger partial charge in [-0.15, -0.1) is 0 Å². The van der Waals surface area contributed by atoms with E-state index in [1.54, 1.807) is 7.11 Å². The Bertz CT molecular complexity index is 440. The monoisotopic (exact) mass is 321 g/mol. The Hall–Kier alpha value is -1.72. The second-order valence-electron chi connectivity index (χ2n) is 5.26. The van der Waals surface area contributed by atoms with Crippen LogP contribution in [0.4, 0.5) is 0 Å². The molecular formula is C18H31N3O2. The molecule has 0 amide bonds. The average Bonchev–Trinajstić information content (AvgIpc) is 2.51. The van der Waals surface area contributed by atoms with Crippen molar-refractivity contribution in [3.05, 3.63) is 36.1 Å². The Morgan fingerprint density at radius 2 is 2.04 bits per heavy atom. The molecule has 0 aliphatic heterocycles. The molecule has 0 saturated carbocycles. The van der Waals surface area contributed by atoms with Gasteiger partial charge in [0.25, 0.3) is 0 Å². The predicted molar refractivity (Wildman–Crippen MR) is 99.5 cm³/mol. The van der Waals surface area contributed by atoms with Crippen molar-refractivity contribution >= 4 is 12.6 Å². The lowest BCUT2D eigenvalue weighted by Gasteiger charge is -2.14. The van der Waals surface area contributed by atoms with Gasteiger partial charge in [0.2, 0.25) is 5.90 Å². The van der Waals surface area contributed by atoms with Crippen LogP contribution in [-0.2, 0) is 9.47 Å². The molecule has 0 rings (SSSR count). The van der Waals surface area contributed by atoms with Gasteiger partial charge in [0.05, 0.1) is 6.61 Å². The van der Waals surface area contributed by atoms with Crippen LogP contribution < -0.4 is 0 Å². The minimum absolute atomic E-state index is 0.359. The molecule has 0 aliphatic carbocycles. The van der Waals surface area contributed by atoms with Crippen molar-refractivity contribution in [3.8, 4) is 0 Å². The van der Waals surface area contributed by atoms with E-state index in [4.69, 9.17) is 9.47 Å². The minimum Gasteiger partial charge on any atom is -0.475 e. The van der Waals surface area contributed by atoms with Gasteiger partial charge in [-0.2, -0.15) is 0 Å². The molecular weight excluding hydrogens is 290 g/mol. The first-order chi connectivity index (χ1) is 11.0. The van der Waals surface area contributed by atoms with Gasteiger partial charge in [-0.3, -0.25) is 4.99 Å². The lowest BCUT2D eigenvalue weighted by molar-refractivity contribution is 0.162. The summed E-state index contributed by atoms with van der Waals surface area (Å²) >= 11 is 0. The molecule has 0 fully saturated rings. The summed E-state index contributed by atoms with van der Waals surface area (Å²) in [6, 6.07) is 0. The number of ether oxygens (including phenoxy) is 2. The topological polar surface area (TPSA) is 46.4 Å². The molecule has 0 atom stereocenters. The quantitative estimate of drug-likeness (QED) is 0.315. The second-order valence-corrected chi connectivity index (χ2v) is 5.26. The summed E-state index contributed by atoms with van der Waals surface area (Å²) < 4.78 is 10.7. The number of hydrogen-bond donors (Lipinski definition) is 0. The summed E-state index contributed by atoms with van der Waals surface area (Å²) in [5, 5.41) is 0. The number of aliphatic imine (C=N–C) groups is 2. The largest absolute Gasteiger partial charge is 0.475 e. The van der Waals surface area contributed by atoms with Crippen molar-refractivity contribution in [2.24, 2.45) is 9.98 Å². The molecule has 23 heavy (non-hydrogen) atoms. The number of hydrogen-bond acceptors (Lipinski definition) is 5. The van der Waals surface area contributed by atoms with Crippen LogP contribution in [0, 0.1) is 0 Å². The zero-order valence-electron chi connectivity index (χ0n) is 15.0. The fraction of sp³-hybridized carbons (Fsp3) is 0.556. The molecule has 0 saturated heterocycles. The second kappa shape index (κ2) is 13.9. The van der Waals surface area contributed by atoms with Crippen molar-refractivity contribution in [1.82, 2.24) is 4.90 Å². The van der Waals surface area contributed by atoms with Gasteiger partial charge in [0.15, 0.2) is 0 Å². The first-order valence-electron chi connectivity index (χ1n) is 7.81. The fourth-order valence-corrected chi connectivity index (χ4v) is 1.70. The number of allylic oxidation sites excluding steroid dienone is 2. The lowest BCUT2D eigenvalue weighted by atomic mass is 10.2. The smallest absolute Gasteiger partial charge is 0.210 e. The number of rotatable bonds is 12. The number of nitrogens with zero attached hydrogens (tertiary/aromatic N) is 3. The van der Waals surface area contributed by atoms with Gasteiger partial charge < -0.3 is 14.4 Å². The molecule has 5 nitrogen and oxygen atoms in total. The molecule has 0 aromatic rings. The molecule has 0 bridgehead atoms. The third-order valence-corrected chi connectivity index (χ3v) is 3.03.